The van der Waals surface area contributed by atoms with Gasteiger partial charge in [0, 0.05) is 12.1 Å². The lowest BCUT2D eigenvalue weighted by Crippen LogP contribution is -2.30. The number of aryl methyl sites for hydroxylation is 2. The second-order valence-electron chi connectivity index (χ2n) is 8.15. The standard InChI is InChI=1S/C26H22N2O5S2/c1-14-10-17(11-15(2)23(14)30)20-5-3-4-18(27-20)13-22-24(31)28(26(34)35-22)9-8-16-6-7-19(25(32)33)21(29)12-16/h3-7,10-13,29-30H,8-9H2,1-2H3,(H,32,33). The highest BCUT2D eigenvalue weighted by molar-refractivity contribution is 8.26. The van der Waals surface area contributed by atoms with E-state index in [0.29, 0.717) is 33.4 Å². The number of carboxylic acids is 1. The zero-order valence-corrected chi connectivity index (χ0v) is 20.6. The van der Waals surface area contributed by atoms with E-state index < -0.39 is 5.97 Å². The van der Waals surface area contributed by atoms with Gasteiger partial charge in [-0.2, -0.15) is 0 Å². The molecule has 3 N–H and O–H groups in total. The highest BCUT2D eigenvalue weighted by atomic mass is 32.2. The highest BCUT2D eigenvalue weighted by Crippen LogP contribution is 2.33. The zero-order valence-electron chi connectivity index (χ0n) is 19.0. The molecule has 0 spiro atoms. The molecule has 0 radical (unpaired) electrons. The normalized spacial score (nSPS) is 14.7. The van der Waals surface area contributed by atoms with Crippen molar-refractivity contribution in [1.29, 1.82) is 0 Å². The van der Waals surface area contributed by atoms with E-state index in [2.05, 4.69) is 4.98 Å². The van der Waals surface area contributed by atoms with Crippen molar-refractivity contribution in [3.63, 3.8) is 0 Å². The Hall–Kier alpha value is -3.69. The second-order valence-corrected chi connectivity index (χ2v) is 9.82. The largest absolute Gasteiger partial charge is 0.507 e. The number of phenols is 2. The SMILES string of the molecule is Cc1cc(-c2cccc(C=C3SC(=S)N(CCc4ccc(C(=O)O)c(O)c4)C3=O)n2)cc(C)c1O. The molecule has 0 saturated carbocycles. The van der Waals surface area contributed by atoms with Crippen LogP contribution in [0.3, 0.4) is 0 Å². The molecule has 4 rings (SSSR count). The minimum atomic E-state index is -1.20. The van der Waals surface area contributed by atoms with Gasteiger partial charge in [-0.25, -0.2) is 9.78 Å². The lowest BCUT2D eigenvalue weighted by molar-refractivity contribution is -0.122. The number of thioether (sulfide) groups is 1. The predicted molar refractivity (Wildman–Crippen MR) is 139 cm³/mol. The summed E-state index contributed by atoms with van der Waals surface area (Å²) in [5.41, 5.74) is 4.26. The van der Waals surface area contributed by atoms with Crippen LogP contribution in [-0.4, -0.2) is 47.9 Å². The molecule has 1 aliphatic heterocycles. The molecule has 1 fully saturated rings. The van der Waals surface area contributed by atoms with Gasteiger partial charge in [0.05, 0.1) is 16.3 Å². The Kier molecular flexibility index (Phi) is 6.90. The molecule has 0 aliphatic carbocycles. The van der Waals surface area contributed by atoms with Crippen molar-refractivity contribution < 1.29 is 24.9 Å². The van der Waals surface area contributed by atoms with Crippen molar-refractivity contribution in [2.45, 2.75) is 20.3 Å². The van der Waals surface area contributed by atoms with E-state index in [0.717, 1.165) is 22.4 Å². The molecule has 7 nitrogen and oxygen atoms in total. The zero-order chi connectivity index (χ0) is 25.3. The van der Waals surface area contributed by atoms with Gasteiger partial charge in [0.25, 0.3) is 5.91 Å². The monoisotopic (exact) mass is 506 g/mol. The number of pyridine rings is 1. The predicted octanol–water partition coefficient (Wildman–Crippen LogP) is 4.92. The molecule has 3 aromatic rings. The van der Waals surface area contributed by atoms with Crippen LogP contribution in [0.25, 0.3) is 17.3 Å². The first-order valence-corrected chi connectivity index (χ1v) is 11.9. The molecule has 178 valence electrons. The van der Waals surface area contributed by atoms with Crippen LogP contribution in [0.1, 0.15) is 32.7 Å². The number of benzene rings is 2. The number of thiocarbonyl (C=S) groups is 1. The summed E-state index contributed by atoms with van der Waals surface area (Å²) >= 11 is 6.60. The maximum absolute atomic E-state index is 13.0. The lowest BCUT2D eigenvalue weighted by Gasteiger charge is -2.14. The molecule has 35 heavy (non-hydrogen) atoms. The summed E-state index contributed by atoms with van der Waals surface area (Å²) in [5.74, 6) is -1.48. The van der Waals surface area contributed by atoms with Crippen LogP contribution >= 0.6 is 24.0 Å². The average Bonchev–Trinajstić information content (AvgIpc) is 3.07. The minimum absolute atomic E-state index is 0.172. The molecule has 1 aromatic heterocycles. The van der Waals surface area contributed by atoms with E-state index in [1.54, 1.807) is 12.1 Å². The Labute approximate surface area is 211 Å². The molecule has 2 heterocycles. The third-order valence-electron chi connectivity index (χ3n) is 5.63. The van der Waals surface area contributed by atoms with Gasteiger partial charge in [-0.1, -0.05) is 36.1 Å². The third-order valence-corrected chi connectivity index (χ3v) is 7.00. The number of hydrogen-bond donors (Lipinski definition) is 3. The first-order chi connectivity index (χ1) is 16.6. The van der Waals surface area contributed by atoms with Gasteiger partial charge in [-0.3, -0.25) is 9.69 Å². The van der Waals surface area contributed by atoms with Crippen LogP contribution in [0.4, 0.5) is 0 Å². The smallest absolute Gasteiger partial charge is 0.339 e. The Bertz CT molecular complexity index is 1380. The van der Waals surface area contributed by atoms with Crippen molar-refractivity contribution in [3.8, 4) is 22.8 Å². The molecule has 2 aromatic carbocycles. The first-order valence-electron chi connectivity index (χ1n) is 10.7. The maximum Gasteiger partial charge on any atom is 0.339 e. The molecular weight excluding hydrogens is 484 g/mol. The van der Waals surface area contributed by atoms with Gasteiger partial charge in [-0.05, 0) is 79.4 Å². The second kappa shape index (κ2) is 9.89. The van der Waals surface area contributed by atoms with Crippen LogP contribution in [-0.2, 0) is 11.2 Å². The quantitative estimate of drug-likeness (QED) is 0.319. The van der Waals surface area contributed by atoms with Crippen LogP contribution in [0.15, 0.2) is 53.4 Å². The van der Waals surface area contributed by atoms with Gasteiger partial charge in [-0.15, -0.1) is 0 Å². The lowest BCUT2D eigenvalue weighted by atomic mass is 10.0. The Balaban J connectivity index is 1.51. The molecule has 0 atom stereocenters. The summed E-state index contributed by atoms with van der Waals surface area (Å²) in [6, 6.07) is 13.6. The molecule has 1 amide bonds. The van der Waals surface area contributed by atoms with Gasteiger partial charge in [0.15, 0.2) is 0 Å². The molecule has 0 unspecified atom stereocenters. The van der Waals surface area contributed by atoms with Crippen molar-refractivity contribution in [2.24, 2.45) is 0 Å². The number of hydrogen-bond acceptors (Lipinski definition) is 7. The van der Waals surface area contributed by atoms with Crippen LogP contribution in [0.5, 0.6) is 11.5 Å². The van der Waals surface area contributed by atoms with Gasteiger partial charge < -0.3 is 15.3 Å². The summed E-state index contributed by atoms with van der Waals surface area (Å²) in [5, 5.41) is 29.0. The van der Waals surface area contributed by atoms with Crippen LogP contribution in [0.2, 0.25) is 0 Å². The van der Waals surface area contributed by atoms with Crippen molar-refractivity contribution in [2.75, 3.05) is 6.54 Å². The van der Waals surface area contributed by atoms with Crippen molar-refractivity contribution >= 4 is 46.3 Å². The summed E-state index contributed by atoms with van der Waals surface area (Å²) in [6.07, 6.45) is 2.11. The minimum Gasteiger partial charge on any atom is -0.507 e. The summed E-state index contributed by atoms with van der Waals surface area (Å²) < 4.78 is 0.425. The number of aromatic carboxylic acids is 1. The van der Waals surface area contributed by atoms with E-state index >= 15 is 0 Å². The number of phenolic OH excluding ortho intramolecular Hbond substituents is 1. The number of carbonyl (C=O) groups is 2. The topological polar surface area (TPSA) is 111 Å². The number of aromatic nitrogens is 1. The first kappa shape index (κ1) is 24.4. The van der Waals surface area contributed by atoms with E-state index in [9.17, 15) is 19.8 Å². The molecule has 0 bridgehead atoms. The molecule has 9 heteroatoms. The number of aromatic hydroxyl groups is 2. The Morgan fingerprint density at radius 1 is 1.11 bits per heavy atom. The summed E-state index contributed by atoms with van der Waals surface area (Å²) in [6.45, 7) is 3.97. The van der Waals surface area contributed by atoms with Gasteiger partial charge in [0.2, 0.25) is 0 Å². The van der Waals surface area contributed by atoms with E-state index in [1.807, 2.05) is 44.2 Å². The molecule has 1 saturated heterocycles. The number of carbonyl (C=O) groups excluding carboxylic acids is 1. The van der Waals surface area contributed by atoms with E-state index in [4.69, 9.17) is 17.3 Å². The fourth-order valence-corrected chi connectivity index (χ4v) is 5.07. The summed E-state index contributed by atoms with van der Waals surface area (Å²) in [4.78, 5) is 30.7. The number of nitrogens with zero attached hydrogens (tertiary/aromatic N) is 2. The summed E-state index contributed by atoms with van der Waals surface area (Å²) in [7, 11) is 0. The fraction of sp³-hybridized carbons (Fsp3) is 0.154. The average molecular weight is 507 g/mol. The fourth-order valence-electron chi connectivity index (χ4n) is 3.78. The van der Waals surface area contributed by atoms with Gasteiger partial charge >= 0.3 is 5.97 Å². The van der Waals surface area contributed by atoms with Crippen LogP contribution in [0, 0.1) is 13.8 Å². The number of amides is 1. The number of carboxylic acid groups (broad SMARTS) is 1. The highest BCUT2D eigenvalue weighted by Gasteiger charge is 2.31. The molecular formula is C26H22N2O5S2. The van der Waals surface area contributed by atoms with E-state index in [-0.39, 0.29) is 23.0 Å². The van der Waals surface area contributed by atoms with Gasteiger partial charge in [0.1, 0.15) is 21.4 Å². The third kappa shape index (κ3) is 5.21. The van der Waals surface area contributed by atoms with Crippen LogP contribution < -0.4 is 0 Å². The number of rotatable bonds is 6. The van der Waals surface area contributed by atoms with E-state index in [1.165, 1.54) is 28.8 Å². The maximum atomic E-state index is 13.0. The molecule has 1 aliphatic rings. The van der Waals surface area contributed by atoms with Crippen molar-refractivity contribution in [1.82, 2.24) is 9.88 Å². The Morgan fingerprint density at radius 3 is 2.49 bits per heavy atom. The van der Waals surface area contributed by atoms with Crippen molar-refractivity contribution in [3.05, 3.63) is 81.4 Å². The Morgan fingerprint density at radius 2 is 1.83 bits per heavy atom.